The van der Waals surface area contributed by atoms with Crippen LogP contribution in [-0.2, 0) is 25.7 Å². The van der Waals surface area contributed by atoms with Crippen molar-refractivity contribution in [2.45, 2.75) is 25.7 Å². The Morgan fingerprint density at radius 3 is 0.988 bits per heavy atom. The number of phenolic OH excluding ortho intramolecular Hbond substituents is 3. The molecule has 0 aliphatic heterocycles. The lowest BCUT2D eigenvalue weighted by molar-refractivity contribution is -0.394. The van der Waals surface area contributed by atoms with E-state index in [1.54, 1.807) is 6.08 Å². The molecule has 1 unspecified atom stereocenters. The predicted molar refractivity (Wildman–Crippen MR) is 286 cm³/mol. The molecule has 0 spiro atoms. The minimum absolute atomic E-state index is 0.0273. The Hall–Kier alpha value is -12.4. The van der Waals surface area contributed by atoms with Crippen LogP contribution in [-0.4, -0.2) is 49.8 Å². The van der Waals surface area contributed by atoms with Crippen LogP contribution in [0.15, 0.2) is 180 Å². The van der Waals surface area contributed by atoms with Crippen molar-refractivity contribution in [2.75, 3.05) is 0 Å². The molecule has 9 rings (SSSR count). The first kappa shape index (κ1) is 55.4. The summed E-state index contributed by atoms with van der Waals surface area (Å²) in [7, 11) is 0. The van der Waals surface area contributed by atoms with Crippen molar-refractivity contribution < 1.29 is 49.8 Å². The lowest BCUT2D eigenvalue weighted by Gasteiger charge is -2.18. The summed E-state index contributed by atoms with van der Waals surface area (Å²) in [6.45, 7) is 0. The van der Waals surface area contributed by atoms with Crippen LogP contribution < -0.4 is 0 Å². The van der Waals surface area contributed by atoms with Gasteiger partial charge in [-0.05, 0) is 73.0 Å². The zero-order valence-electron chi connectivity index (χ0n) is 41.8. The molecule has 0 radical (unpaired) electrons. The highest BCUT2D eigenvalue weighted by atomic mass is 16.7. The second-order valence-corrected chi connectivity index (χ2v) is 18.2. The van der Waals surface area contributed by atoms with Crippen LogP contribution in [0.2, 0.25) is 0 Å². The van der Waals surface area contributed by atoms with Crippen LogP contribution in [0.4, 0.5) is 79.6 Å². The fourth-order valence-electron chi connectivity index (χ4n) is 8.86. The summed E-state index contributed by atoms with van der Waals surface area (Å²) in [6, 6.07) is 21.3. The number of nitrogens with zero attached hydrogens (tertiary/aromatic N) is 15. The summed E-state index contributed by atoms with van der Waals surface area (Å²) >= 11 is 0. The van der Waals surface area contributed by atoms with Crippen LogP contribution >= 0.6 is 0 Å². The largest absolute Gasteiger partial charge is 0.507 e. The van der Waals surface area contributed by atoms with Gasteiger partial charge in [0.2, 0.25) is 0 Å². The van der Waals surface area contributed by atoms with Gasteiger partial charge in [-0.3, -0.25) is 70.8 Å². The van der Waals surface area contributed by atoms with Crippen LogP contribution in [0.25, 0.3) is 0 Å². The summed E-state index contributed by atoms with van der Waals surface area (Å²) in [5.41, 5.74) is -4.15. The molecule has 32 nitrogen and oxygen atoms in total. The Bertz CT molecular complexity index is 4080. The molecule has 0 amide bonds. The smallest absolute Gasteiger partial charge is 0.278 e. The summed E-state index contributed by atoms with van der Waals surface area (Å²) in [5, 5.41) is 152. The predicted octanol–water partition coefficient (Wildman–Crippen LogP) is 13.9. The van der Waals surface area contributed by atoms with Gasteiger partial charge in [0.05, 0.1) is 98.2 Å². The number of benzene rings is 7. The maximum atomic E-state index is 12.2. The first-order valence-electron chi connectivity index (χ1n) is 23.7. The van der Waals surface area contributed by atoms with E-state index < -0.39 is 80.3 Å². The molecule has 2 aliphatic rings. The molecule has 83 heavy (non-hydrogen) atoms. The van der Waals surface area contributed by atoms with Gasteiger partial charge in [-0.25, -0.2) is 0 Å². The van der Waals surface area contributed by atoms with Crippen molar-refractivity contribution in [1.82, 2.24) is 0 Å². The number of azo groups is 4. The minimum Gasteiger partial charge on any atom is -0.507 e. The van der Waals surface area contributed by atoms with E-state index in [1.165, 1.54) is 60.7 Å². The van der Waals surface area contributed by atoms with Crippen molar-refractivity contribution in [1.29, 1.82) is 0 Å². The molecule has 0 saturated heterocycles. The summed E-state index contributed by atoms with van der Waals surface area (Å²) < 4.78 is 0. The number of nitro groups is 7. The second kappa shape index (κ2) is 22.9. The number of nitro benzene ring substituents is 7. The number of non-ortho nitro benzene ring substituents is 7. The average molecular weight is 1130 g/mol. The highest BCUT2D eigenvalue weighted by Gasteiger charge is 2.28. The first-order valence-corrected chi connectivity index (χ1v) is 23.7. The van der Waals surface area contributed by atoms with Crippen LogP contribution in [0.1, 0.15) is 33.4 Å². The number of fused-ring (bicyclic) bond motifs is 7. The third-order valence-electron chi connectivity index (χ3n) is 12.6. The first-order chi connectivity index (χ1) is 39.5. The van der Waals surface area contributed by atoms with Crippen molar-refractivity contribution >= 4 is 79.6 Å². The minimum atomic E-state index is -0.865. The van der Waals surface area contributed by atoms with Gasteiger partial charge in [0.25, 0.3) is 39.8 Å². The van der Waals surface area contributed by atoms with E-state index in [0.29, 0.717) is 5.57 Å². The fourth-order valence-corrected chi connectivity index (χ4v) is 8.86. The monoisotopic (exact) mass is 1130 g/mol. The van der Waals surface area contributed by atoms with E-state index >= 15 is 0 Å². The number of hydrogen-bond donors (Lipinski definition) is 3. The zero-order valence-corrected chi connectivity index (χ0v) is 41.8. The van der Waals surface area contributed by atoms with E-state index in [0.717, 1.165) is 60.7 Å². The van der Waals surface area contributed by atoms with Crippen molar-refractivity contribution in [3.05, 3.63) is 243 Å². The van der Waals surface area contributed by atoms with Crippen molar-refractivity contribution in [3.63, 3.8) is 0 Å². The highest BCUT2D eigenvalue weighted by molar-refractivity contribution is 5.64. The number of phenols is 3. The fraction of sp³-hybridized carbons (Fsp3) is 0.0980. The number of rotatable bonds is 15. The molecule has 1 atom stereocenters. The van der Waals surface area contributed by atoms with E-state index in [-0.39, 0.29) is 122 Å². The average Bonchev–Trinajstić information content (AvgIpc) is 4.14. The maximum Gasteiger partial charge on any atom is 0.278 e. The lowest BCUT2D eigenvalue weighted by Crippen LogP contribution is -2.07. The topological polar surface area (TPSA) is 462 Å². The van der Waals surface area contributed by atoms with E-state index in [1.807, 2.05) is 0 Å². The molecular formula is C51H33N15O17. The Morgan fingerprint density at radius 1 is 0.337 bits per heavy atom. The number of hydrogen-bond acceptors (Lipinski definition) is 25. The molecule has 6 bridgehead atoms. The summed E-state index contributed by atoms with van der Waals surface area (Å²) in [6.07, 6.45) is 2.01. The molecule has 7 aromatic rings. The lowest BCUT2D eigenvalue weighted by atomic mass is 9.88. The Morgan fingerprint density at radius 2 is 0.627 bits per heavy atom. The van der Waals surface area contributed by atoms with Crippen molar-refractivity contribution in [2.24, 2.45) is 46.8 Å². The molecule has 3 N–H and O–H groups in total. The SMILES string of the molecule is O=[N+]([O-])c1cccc(N=Nc2cc3c(O)c(c2)Cc2cc(N=Nc4cc([N+](=O)[O-])cc([N+](=O)[O-])c4)cc(c2O)CC2C=C(N=Nc4cc([N+](=O)[O-])cc([N+](=O)[O-])c4)C=C2Cc2cc(N=Nc4cc([N+](=O)[O-])cc([N+](=O)[O-])c4)cc(c2O)C3)c1. The standard InChI is InChI=1S/C51H33N15O17/c67-49-28-4-26-8-35(54-57-39-17-43(61(72)73)23-44(18-39)62(74)75)9-27(26)5-29-11-38(56-59-41-21-47(65(80)81)25-48(22-41)66(82)83)15-31(50(29)68)7-33-13-36(53-52-34-2-1-3-42(16-34)60(70)71)12-32(51(33)69)6-30(49)14-37(10-28)55-58-40-19-45(63(76)77)24-46(20-40)64(78)79/h1-3,8-26,67-69H,4-7H2. The zero-order chi connectivity index (χ0) is 59.4. The third-order valence-corrected chi connectivity index (χ3v) is 12.6. The van der Waals surface area contributed by atoms with Gasteiger partial charge in [0, 0.05) is 95.1 Å². The number of allylic oxidation sites excluding steroid dienone is 3. The van der Waals surface area contributed by atoms with Gasteiger partial charge in [-0.15, -0.1) is 0 Å². The Labute approximate surface area is 460 Å². The molecule has 0 saturated carbocycles. The van der Waals surface area contributed by atoms with E-state index in [4.69, 9.17) is 0 Å². The maximum absolute atomic E-state index is 12.2. The van der Waals surface area contributed by atoms with E-state index in [9.17, 15) is 86.1 Å². The molecule has 7 aromatic carbocycles. The second-order valence-electron chi connectivity index (χ2n) is 18.2. The highest BCUT2D eigenvalue weighted by Crippen LogP contribution is 2.44. The van der Waals surface area contributed by atoms with Crippen molar-refractivity contribution in [3.8, 4) is 17.2 Å². The third kappa shape index (κ3) is 12.8. The Balaban J connectivity index is 1.24. The molecule has 414 valence electrons. The molecule has 0 fully saturated rings. The molecular weight excluding hydrogens is 1090 g/mol. The van der Waals surface area contributed by atoms with Crippen LogP contribution in [0.5, 0.6) is 17.2 Å². The molecule has 0 heterocycles. The molecule has 2 aliphatic carbocycles. The summed E-state index contributed by atoms with van der Waals surface area (Å²) in [5.74, 6) is -1.98. The van der Waals surface area contributed by atoms with E-state index in [2.05, 4.69) is 40.9 Å². The number of aromatic hydroxyl groups is 3. The van der Waals surface area contributed by atoms with Gasteiger partial charge in [0.15, 0.2) is 0 Å². The van der Waals surface area contributed by atoms with Gasteiger partial charge in [0.1, 0.15) is 17.2 Å². The van der Waals surface area contributed by atoms with Crippen LogP contribution in [0.3, 0.4) is 0 Å². The quantitative estimate of drug-likeness (QED) is 0.0487. The van der Waals surface area contributed by atoms with Gasteiger partial charge in [-0.2, -0.15) is 40.9 Å². The molecule has 32 heteroatoms. The van der Waals surface area contributed by atoms with Crippen LogP contribution in [0, 0.1) is 76.7 Å². The normalized spacial score (nSPS) is 14.0. The summed E-state index contributed by atoms with van der Waals surface area (Å²) in [4.78, 5) is 76.0. The van der Waals surface area contributed by atoms with Gasteiger partial charge in [-0.1, -0.05) is 11.6 Å². The Kier molecular flexibility index (Phi) is 15.3. The molecule has 0 aromatic heterocycles. The van der Waals surface area contributed by atoms with Gasteiger partial charge >= 0.3 is 0 Å². The van der Waals surface area contributed by atoms with Gasteiger partial charge < -0.3 is 15.3 Å².